The summed E-state index contributed by atoms with van der Waals surface area (Å²) in [5, 5.41) is 2.99. The molecule has 2 rings (SSSR count). The van der Waals surface area contributed by atoms with Crippen molar-refractivity contribution in [2.45, 2.75) is 33.6 Å². The minimum absolute atomic E-state index is 0.287. The van der Waals surface area contributed by atoms with E-state index < -0.39 is 0 Å². The fourth-order valence-corrected chi connectivity index (χ4v) is 2.54. The summed E-state index contributed by atoms with van der Waals surface area (Å²) >= 11 is 0. The Balaban J connectivity index is 1.99. The smallest absolute Gasteiger partial charge is 0.144 e. The molecule has 1 N–H and O–H groups in total. The summed E-state index contributed by atoms with van der Waals surface area (Å²) in [5.74, 6) is 0.801. The van der Waals surface area contributed by atoms with Gasteiger partial charge < -0.3 is 10.2 Å². The first kappa shape index (κ1) is 15.5. The molecule has 0 aliphatic carbocycles. The molecule has 0 atom stereocenters. The predicted molar refractivity (Wildman–Crippen MR) is 89.0 cm³/mol. The molecule has 1 aliphatic rings. The van der Waals surface area contributed by atoms with Crippen LogP contribution in [0.3, 0.4) is 0 Å². The molecule has 0 unspecified atom stereocenters. The van der Waals surface area contributed by atoms with E-state index in [0.29, 0.717) is 0 Å². The summed E-state index contributed by atoms with van der Waals surface area (Å²) in [7, 11) is 1.85. The van der Waals surface area contributed by atoms with Crippen molar-refractivity contribution in [1.82, 2.24) is 14.9 Å². The summed E-state index contributed by atoms with van der Waals surface area (Å²) in [6.07, 6.45) is 7.91. The van der Waals surface area contributed by atoms with Gasteiger partial charge in [0.15, 0.2) is 0 Å². The Morgan fingerprint density at radius 3 is 2.57 bits per heavy atom. The minimum atomic E-state index is 0.287. The molecule has 0 bridgehead atoms. The SMILES string of the molecule is C=C(CC(C)(C)C)N1CC=C(c2cnc(NC)cn2)CC1. The molecule has 0 spiro atoms. The zero-order valence-corrected chi connectivity index (χ0v) is 13.6. The molecule has 4 heteroatoms. The van der Waals surface area contributed by atoms with Gasteiger partial charge >= 0.3 is 0 Å². The Hall–Kier alpha value is -1.84. The zero-order chi connectivity index (χ0) is 15.5. The largest absolute Gasteiger partial charge is 0.372 e. The van der Waals surface area contributed by atoms with Gasteiger partial charge in [-0.1, -0.05) is 33.4 Å². The molecule has 0 fully saturated rings. The molecule has 21 heavy (non-hydrogen) atoms. The van der Waals surface area contributed by atoms with E-state index in [1.807, 2.05) is 13.2 Å². The van der Waals surface area contributed by atoms with E-state index >= 15 is 0 Å². The third-order valence-corrected chi connectivity index (χ3v) is 3.63. The maximum Gasteiger partial charge on any atom is 0.144 e. The van der Waals surface area contributed by atoms with Crippen molar-refractivity contribution in [1.29, 1.82) is 0 Å². The Morgan fingerprint density at radius 2 is 2.10 bits per heavy atom. The van der Waals surface area contributed by atoms with Gasteiger partial charge in [-0.25, -0.2) is 4.98 Å². The van der Waals surface area contributed by atoms with Crippen LogP contribution in [0.1, 0.15) is 39.3 Å². The highest BCUT2D eigenvalue weighted by Crippen LogP contribution is 2.28. The monoisotopic (exact) mass is 286 g/mol. The average Bonchev–Trinajstić information content (AvgIpc) is 2.46. The van der Waals surface area contributed by atoms with E-state index in [4.69, 9.17) is 0 Å². The van der Waals surface area contributed by atoms with Crippen LogP contribution in [0.25, 0.3) is 5.57 Å². The van der Waals surface area contributed by atoms with Crippen molar-refractivity contribution in [3.8, 4) is 0 Å². The fraction of sp³-hybridized carbons (Fsp3) is 0.529. The maximum atomic E-state index is 4.47. The third-order valence-electron chi connectivity index (χ3n) is 3.63. The summed E-state index contributed by atoms with van der Waals surface area (Å²) in [6, 6.07) is 0. The molecule has 0 aromatic carbocycles. The Kier molecular flexibility index (Phi) is 4.66. The second-order valence-electron chi connectivity index (χ2n) is 6.77. The van der Waals surface area contributed by atoms with E-state index in [1.165, 1.54) is 11.3 Å². The Morgan fingerprint density at radius 1 is 1.33 bits per heavy atom. The van der Waals surface area contributed by atoms with Crippen LogP contribution in [0.2, 0.25) is 0 Å². The summed E-state index contributed by atoms with van der Waals surface area (Å²) in [4.78, 5) is 11.2. The lowest BCUT2D eigenvalue weighted by atomic mass is 9.90. The van der Waals surface area contributed by atoms with Gasteiger partial charge in [-0.3, -0.25) is 4.98 Å². The summed E-state index contributed by atoms with van der Waals surface area (Å²) < 4.78 is 0. The molecule has 2 heterocycles. The number of nitrogens with zero attached hydrogens (tertiary/aromatic N) is 3. The third kappa shape index (κ3) is 4.31. The number of rotatable bonds is 4. The van der Waals surface area contributed by atoms with E-state index in [2.05, 4.69) is 53.6 Å². The Bertz CT molecular complexity index is 523. The highest BCUT2D eigenvalue weighted by atomic mass is 15.1. The highest BCUT2D eigenvalue weighted by molar-refractivity contribution is 5.63. The van der Waals surface area contributed by atoms with Crippen molar-refractivity contribution in [3.63, 3.8) is 0 Å². The van der Waals surface area contributed by atoms with Gasteiger partial charge in [0.25, 0.3) is 0 Å². The number of anilines is 1. The topological polar surface area (TPSA) is 41.1 Å². The van der Waals surface area contributed by atoms with Crippen molar-refractivity contribution in [2.75, 3.05) is 25.5 Å². The van der Waals surface area contributed by atoms with Gasteiger partial charge in [0.2, 0.25) is 0 Å². The van der Waals surface area contributed by atoms with Gasteiger partial charge in [-0.2, -0.15) is 0 Å². The van der Waals surface area contributed by atoms with E-state index in [9.17, 15) is 0 Å². The first-order valence-corrected chi connectivity index (χ1v) is 7.51. The van der Waals surface area contributed by atoms with Gasteiger partial charge in [-0.15, -0.1) is 0 Å². The molecular formula is C17H26N4. The van der Waals surface area contributed by atoms with Crippen LogP contribution in [0.15, 0.2) is 30.7 Å². The zero-order valence-electron chi connectivity index (χ0n) is 13.6. The first-order valence-electron chi connectivity index (χ1n) is 7.51. The highest BCUT2D eigenvalue weighted by Gasteiger charge is 2.19. The number of nitrogens with one attached hydrogen (secondary N) is 1. The molecule has 1 aliphatic heterocycles. The lowest BCUT2D eigenvalue weighted by molar-refractivity contribution is 0.308. The lowest BCUT2D eigenvalue weighted by Gasteiger charge is -2.33. The van der Waals surface area contributed by atoms with Gasteiger partial charge in [0, 0.05) is 25.8 Å². The number of hydrogen-bond acceptors (Lipinski definition) is 4. The van der Waals surface area contributed by atoms with Crippen LogP contribution in [0.5, 0.6) is 0 Å². The number of hydrogen-bond donors (Lipinski definition) is 1. The molecule has 1 aromatic rings. The molecule has 1 aromatic heterocycles. The van der Waals surface area contributed by atoms with Crippen LogP contribution in [-0.4, -0.2) is 35.0 Å². The minimum Gasteiger partial charge on any atom is -0.372 e. The molecule has 4 nitrogen and oxygen atoms in total. The molecule has 0 saturated carbocycles. The van der Waals surface area contributed by atoms with Crippen LogP contribution >= 0.6 is 0 Å². The first-order chi connectivity index (χ1) is 9.89. The normalized spacial score (nSPS) is 15.6. The van der Waals surface area contributed by atoms with Crippen molar-refractivity contribution < 1.29 is 0 Å². The van der Waals surface area contributed by atoms with Gasteiger partial charge in [0.1, 0.15) is 5.82 Å². The number of aromatic nitrogens is 2. The Labute approximate surface area is 128 Å². The van der Waals surface area contributed by atoms with Crippen molar-refractivity contribution in [2.24, 2.45) is 5.41 Å². The quantitative estimate of drug-likeness (QED) is 0.919. The molecular weight excluding hydrogens is 260 g/mol. The van der Waals surface area contributed by atoms with Gasteiger partial charge in [-0.05, 0) is 23.8 Å². The van der Waals surface area contributed by atoms with Crippen LogP contribution in [-0.2, 0) is 0 Å². The van der Waals surface area contributed by atoms with Crippen LogP contribution < -0.4 is 5.32 Å². The molecule has 0 radical (unpaired) electrons. The van der Waals surface area contributed by atoms with E-state index in [-0.39, 0.29) is 5.41 Å². The molecule has 0 amide bonds. The summed E-state index contributed by atoms with van der Waals surface area (Å²) in [5.41, 5.74) is 3.78. The van der Waals surface area contributed by atoms with E-state index in [0.717, 1.165) is 37.4 Å². The van der Waals surface area contributed by atoms with Crippen LogP contribution in [0, 0.1) is 5.41 Å². The van der Waals surface area contributed by atoms with Crippen molar-refractivity contribution in [3.05, 3.63) is 36.4 Å². The van der Waals surface area contributed by atoms with Crippen LogP contribution in [0.4, 0.5) is 5.82 Å². The average molecular weight is 286 g/mol. The van der Waals surface area contributed by atoms with E-state index in [1.54, 1.807) is 6.20 Å². The lowest BCUT2D eigenvalue weighted by Crippen LogP contribution is -2.29. The standard InChI is InChI=1S/C17H26N4/c1-13(10-17(2,3)4)21-8-6-14(7-9-21)15-11-20-16(18-5)12-19-15/h6,11-12H,1,7-10H2,2-5H3,(H,18,20). The number of allylic oxidation sites excluding steroid dienone is 1. The maximum absolute atomic E-state index is 4.47. The predicted octanol–water partition coefficient (Wildman–Crippen LogP) is 3.56. The fourth-order valence-electron chi connectivity index (χ4n) is 2.54. The van der Waals surface area contributed by atoms with Crippen molar-refractivity contribution >= 4 is 11.4 Å². The summed E-state index contributed by atoms with van der Waals surface area (Å²) in [6.45, 7) is 12.9. The molecule has 114 valence electrons. The second kappa shape index (κ2) is 6.29. The van der Waals surface area contributed by atoms with Gasteiger partial charge in [0.05, 0.1) is 18.1 Å². The molecule has 0 saturated heterocycles. The second-order valence-corrected chi connectivity index (χ2v) is 6.77.